The maximum absolute atomic E-state index is 12.6. The molecule has 3 unspecified atom stereocenters. The molecule has 1 aliphatic carbocycles. The Morgan fingerprint density at radius 2 is 2.15 bits per heavy atom. The summed E-state index contributed by atoms with van der Waals surface area (Å²) in [5.74, 6) is 2.59. The van der Waals surface area contributed by atoms with E-state index in [1.807, 2.05) is 11.0 Å². The molecule has 0 radical (unpaired) electrons. The van der Waals surface area contributed by atoms with E-state index in [4.69, 9.17) is 10.2 Å². The van der Waals surface area contributed by atoms with Crippen molar-refractivity contribution in [3.63, 3.8) is 0 Å². The van der Waals surface area contributed by atoms with Crippen LogP contribution in [0.1, 0.15) is 48.6 Å². The first-order valence-electron chi connectivity index (χ1n) is 7.80. The van der Waals surface area contributed by atoms with Gasteiger partial charge in [-0.1, -0.05) is 13.8 Å². The number of aryl methyl sites for hydroxylation is 2. The van der Waals surface area contributed by atoms with Crippen molar-refractivity contribution in [2.75, 3.05) is 13.1 Å². The van der Waals surface area contributed by atoms with Crippen LogP contribution in [0.4, 0.5) is 0 Å². The summed E-state index contributed by atoms with van der Waals surface area (Å²) in [5, 5.41) is 0. The monoisotopic (exact) mass is 276 g/mol. The van der Waals surface area contributed by atoms with Crippen LogP contribution in [-0.2, 0) is 12.8 Å². The maximum atomic E-state index is 12.6. The number of amides is 1. The first-order valence-corrected chi connectivity index (χ1v) is 7.80. The molecule has 2 fully saturated rings. The molecule has 20 heavy (non-hydrogen) atoms. The number of likely N-dealkylation sites (tertiary alicyclic amines) is 1. The zero-order valence-corrected chi connectivity index (χ0v) is 12.4. The second-order valence-corrected chi connectivity index (χ2v) is 6.14. The molecular weight excluding hydrogens is 252 g/mol. The van der Waals surface area contributed by atoms with Crippen molar-refractivity contribution in [1.82, 2.24) is 4.90 Å². The van der Waals surface area contributed by atoms with E-state index in [1.165, 1.54) is 0 Å². The second-order valence-electron chi connectivity index (χ2n) is 6.14. The summed E-state index contributed by atoms with van der Waals surface area (Å²) >= 11 is 0. The quantitative estimate of drug-likeness (QED) is 0.921. The SMILES string of the molecule is CCc1cc(C(=O)N2CC3CCC(N)C3C2)oc1CC. The van der Waals surface area contributed by atoms with E-state index < -0.39 is 0 Å². The number of furan rings is 1. The molecule has 0 bridgehead atoms. The predicted octanol–water partition coefficient (Wildman–Crippen LogP) is 2.21. The maximum Gasteiger partial charge on any atom is 0.289 e. The lowest BCUT2D eigenvalue weighted by Crippen LogP contribution is -2.33. The minimum Gasteiger partial charge on any atom is -0.456 e. The number of fused-ring (bicyclic) bond motifs is 1. The number of carbonyl (C=O) groups excluding carboxylic acids is 1. The lowest BCUT2D eigenvalue weighted by atomic mass is 9.98. The van der Waals surface area contributed by atoms with E-state index in [0.717, 1.165) is 50.1 Å². The molecule has 4 heteroatoms. The highest BCUT2D eigenvalue weighted by Gasteiger charge is 2.43. The molecule has 1 aromatic heterocycles. The smallest absolute Gasteiger partial charge is 0.289 e. The molecular formula is C16H24N2O2. The molecule has 1 saturated carbocycles. The van der Waals surface area contributed by atoms with Crippen molar-refractivity contribution in [3.8, 4) is 0 Å². The first kappa shape index (κ1) is 13.7. The zero-order chi connectivity index (χ0) is 14.3. The number of nitrogens with two attached hydrogens (primary N) is 1. The molecule has 2 N–H and O–H groups in total. The molecule has 1 aliphatic heterocycles. The normalized spacial score (nSPS) is 28.9. The highest BCUT2D eigenvalue weighted by atomic mass is 16.4. The van der Waals surface area contributed by atoms with Gasteiger partial charge in [0.15, 0.2) is 5.76 Å². The van der Waals surface area contributed by atoms with Crippen molar-refractivity contribution in [3.05, 3.63) is 23.2 Å². The second kappa shape index (κ2) is 5.24. The fraction of sp³-hybridized carbons (Fsp3) is 0.688. The average molecular weight is 276 g/mol. The molecule has 110 valence electrons. The summed E-state index contributed by atoms with van der Waals surface area (Å²) < 4.78 is 5.76. The van der Waals surface area contributed by atoms with Gasteiger partial charge in [-0.25, -0.2) is 0 Å². The van der Waals surface area contributed by atoms with E-state index in [1.54, 1.807) is 0 Å². The van der Waals surface area contributed by atoms with Gasteiger partial charge in [-0.05, 0) is 42.7 Å². The van der Waals surface area contributed by atoms with Crippen LogP contribution < -0.4 is 5.73 Å². The largest absolute Gasteiger partial charge is 0.456 e. The fourth-order valence-electron chi connectivity index (χ4n) is 3.80. The van der Waals surface area contributed by atoms with Gasteiger partial charge in [-0.2, -0.15) is 0 Å². The summed E-state index contributed by atoms with van der Waals surface area (Å²) in [6.07, 6.45) is 4.02. The third kappa shape index (κ3) is 2.16. The summed E-state index contributed by atoms with van der Waals surface area (Å²) in [7, 11) is 0. The molecule has 1 saturated heterocycles. The van der Waals surface area contributed by atoms with Gasteiger partial charge in [0.05, 0.1) is 0 Å². The van der Waals surface area contributed by atoms with E-state index in [0.29, 0.717) is 17.6 Å². The molecule has 1 amide bonds. The van der Waals surface area contributed by atoms with Crippen LogP contribution in [-0.4, -0.2) is 29.9 Å². The van der Waals surface area contributed by atoms with Crippen molar-refractivity contribution in [2.45, 2.75) is 45.6 Å². The van der Waals surface area contributed by atoms with E-state index in [2.05, 4.69) is 13.8 Å². The van der Waals surface area contributed by atoms with Crippen LogP contribution in [0.5, 0.6) is 0 Å². The van der Waals surface area contributed by atoms with Gasteiger partial charge in [0.1, 0.15) is 5.76 Å². The van der Waals surface area contributed by atoms with Crippen LogP contribution in [0.15, 0.2) is 10.5 Å². The molecule has 4 nitrogen and oxygen atoms in total. The predicted molar refractivity (Wildman–Crippen MR) is 77.6 cm³/mol. The molecule has 0 spiro atoms. The molecule has 0 aromatic carbocycles. The van der Waals surface area contributed by atoms with Gasteiger partial charge >= 0.3 is 0 Å². The zero-order valence-electron chi connectivity index (χ0n) is 12.4. The van der Waals surface area contributed by atoms with Gasteiger partial charge in [0.25, 0.3) is 5.91 Å². The van der Waals surface area contributed by atoms with E-state index in [-0.39, 0.29) is 11.9 Å². The topological polar surface area (TPSA) is 59.5 Å². The summed E-state index contributed by atoms with van der Waals surface area (Å²) in [4.78, 5) is 14.5. The highest BCUT2D eigenvalue weighted by molar-refractivity contribution is 5.92. The third-order valence-electron chi connectivity index (χ3n) is 5.01. The van der Waals surface area contributed by atoms with Gasteiger partial charge < -0.3 is 15.1 Å². The lowest BCUT2D eigenvalue weighted by molar-refractivity contribution is 0.0746. The summed E-state index contributed by atoms with van der Waals surface area (Å²) in [5.41, 5.74) is 7.29. The third-order valence-corrected chi connectivity index (χ3v) is 5.01. The molecule has 3 atom stereocenters. The standard InChI is InChI=1S/C16H24N2O2/c1-3-10-7-15(20-14(10)4-2)16(19)18-8-11-5-6-13(17)12(11)9-18/h7,11-13H,3-6,8-9,17H2,1-2H3. The Labute approximate surface area is 120 Å². The minimum absolute atomic E-state index is 0.0426. The fourth-order valence-corrected chi connectivity index (χ4v) is 3.80. The van der Waals surface area contributed by atoms with Crippen molar-refractivity contribution in [2.24, 2.45) is 17.6 Å². The first-order chi connectivity index (χ1) is 9.63. The number of hydrogen-bond donors (Lipinski definition) is 1. The van der Waals surface area contributed by atoms with Crippen LogP contribution in [0.3, 0.4) is 0 Å². The van der Waals surface area contributed by atoms with Gasteiger partial charge in [-0.3, -0.25) is 4.79 Å². The van der Waals surface area contributed by atoms with Crippen LogP contribution in [0, 0.1) is 11.8 Å². The Morgan fingerprint density at radius 3 is 2.75 bits per heavy atom. The van der Waals surface area contributed by atoms with Crippen LogP contribution in [0.2, 0.25) is 0 Å². The van der Waals surface area contributed by atoms with Crippen LogP contribution >= 0.6 is 0 Å². The average Bonchev–Trinajstić information content (AvgIpc) is 3.13. The number of hydrogen-bond acceptors (Lipinski definition) is 3. The summed E-state index contributed by atoms with van der Waals surface area (Å²) in [6, 6.07) is 2.20. The molecule has 2 aliphatic rings. The van der Waals surface area contributed by atoms with Crippen LogP contribution in [0.25, 0.3) is 0 Å². The van der Waals surface area contributed by atoms with Gasteiger partial charge in [0.2, 0.25) is 0 Å². The van der Waals surface area contributed by atoms with Crippen molar-refractivity contribution in [1.29, 1.82) is 0 Å². The lowest BCUT2D eigenvalue weighted by Gasteiger charge is -2.17. The Hall–Kier alpha value is -1.29. The number of rotatable bonds is 3. The van der Waals surface area contributed by atoms with Gasteiger partial charge in [-0.15, -0.1) is 0 Å². The Bertz CT molecular complexity index is 487. The number of carbonyl (C=O) groups is 1. The number of nitrogens with zero attached hydrogens (tertiary/aromatic N) is 1. The van der Waals surface area contributed by atoms with E-state index in [9.17, 15) is 4.79 Å². The molecule has 1 aromatic rings. The Morgan fingerprint density at radius 1 is 1.35 bits per heavy atom. The van der Waals surface area contributed by atoms with E-state index >= 15 is 0 Å². The Kier molecular flexibility index (Phi) is 3.59. The summed E-state index contributed by atoms with van der Waals surface area (Å²) in [6.45, 7) is 5.80. The van der Waals surface area contributed by atoms with Crippen molar-refractivity contribution >= 4 is 5.91 Å². The molecule has 2 heterocycles. The van der Waals surface area contributed by atoms with Crippen molar-refractivity contribution < 1.29 is 9.21 Å². The minimum atomic E-state index is 0.0426. The highest BCUT2D eigenvalue weighted by Crippen LogP contribution is 2.37. The Balaban J connectivity index is 1.75. The van der Waals surface area contributed by atoms with Gasteiger partial charge in [0, 0.05) is 25.6 Å². The molecule has 3 rings (SSSR count).